The predicted octanol–water partition coefficient (Wildman–Crippen LogP) is 6.17. The van der Waals surface area contributed by atoms with Crippen LogP contribution in [-0.4, -0.2) is 43.8 Å². The van der Waals surface area contributed by atoms with Crippen LogP contribution < -0.4 is 9.62 Å². The van der Waals surface area contributed by atoms with Gasteiger partial charge in [-0.3, -0.25) is 13.9 Å². The van der Waals surface area contributed by atoms with Crippen molar-refractivity contribution in [2.75, 3.05) is 10.8 Å². The molecule has 208 valence electrons. The Kier molecular flexibility index (Phi) is 10.7. The van der Waals surface area contributed by atoms with Crippen LogP contribution in [0.15, 0.2) is 77.7 Å². The van der Waals surface area contributed by atoms with Gasteiger partial charge in [-0.05, 0) is 62.2 Å². The maximum Gasteiger partial charge on any atom is 0.264 e. The number of nitrogens with one attached hydrogen (secondary N) is 1. The van der Waals surface area contributed by atoms with Gasteiger partial charge in [0.1, 0.15) is 12.6 Å². The van der Waals surface area contributed by atoms with Crippen LogP contribution in [-0.2, 0) is 26.2 Å². The Hall–Kier alpha value is -2.78. The number of benzene rings is 3. The first-order valence-electron chi connectivity index (χ1n) is 12.3. The molecular formula is C28H30Cl3N3O4S. The summed E-state index contributed by atoms with van der Waals surface area (Å²) in [6.07, 6.45) is 0.704. The molecule has 3 aromatic rings. The summed E-state index contributed by atoms with van der Waals surface area (Å²) in [5, 5.41) is 3.71. The fraction of sp³-hybridized carbons (Fsp3) is 0.286. The van der Waals surface area contributed by atoms with Gasteiger partial charge in [0, 0.05) is 27.7 Å². The summed E-state index contributed by atoms with van der Waals surface area (Å²) >= 11 is 18.8. The van der Waals surface area contributed by atoms with Gasteiger partial charge in [-0.25, -0.2) is 8.42 Å². The molecule has 39 heavy (non-hydrogen) atoms. The van der Waals surface area contributed by atoms with E-state index in [1.165, 1.54) is 35.2 Å². The predicted molar refractivity (Wildman–Crippen MR) is 157 cm³/mol. The smallest absolute Gasteiger partial charge is 0.264 e. The quantitative estimate of drug-likeness (QED) is 0.281. The summed E-state index contributed by atoms with van der Waals surface area (Å²) in [5.74, 6) is -0.981. The molecule has 0 aliphatic carbocycles. The highest BCUT2D eigenvalue weighted by Gasteiger charge is 2.33. The largest absolute Gasteiger partial charge is 0.352 e. The Morgan fingerprint density at radius 2 is 1.49 bits per heavy atom. The van der Waals surface area contributed by atoms with Gasteiger partial charge in [0.2, 0.25) is 11.8 Å². The second-order valence-corrected chi connectivity index (χ2v) is 12.2. The first-order chi connectivity index (χ1) is 18.4. The van der Waals surface area contributed by atoms with E-state index in [2.05, 4.69) is 5.32 Å². The van der Waals surface area contributed by atoms with Gasteiger partial charge in [0.05, 0.1) is 10.6 Å². The molecule has 0 spiro atoms. The molecule has 3 rings (SSSR count). The zero-order valence-electron chi connectivity index (χ0n) is 21.8. The second kappa shape index (κ2) is 13.5. The van der Waals surface area contributed by atoms with Gasteiger partial charge in [-0.1, -0.05) is 78.1 Å². The normalized spacial score (nSPS) is 12.9. The van der Waals surface area contributed by atoms with Gasteiger partial charge >= 0.3 is 0 Å². The summed E-state index contributed by atoms with van der Waals surface area (Å²) in [4.78, 5) is 28.3. The minimum atomic E-state index is -4.22. The van der Waals surface area contributed by atoms with Crippen LogP contribution in [0.5, 0.6) is 0 Å². The molecule has 0 saturated carbocycles. The Morgan fingerprint density at radius 1 is 0.897 bits per heavy atom. The van der Waals surface area contributed by atoms with Crippen LogP contribution in [0.1, 0.15) is 32.8 Å². The van der Waals surface area contributed by atoms with Crippen molar-refractivity contribution < 1.29 is 18.0 Å². The summed E-state index contributed by atoms with van der Waals surface area (Å²) in [7, 11) is -4.22. The molecule has 0 aliphatic rings. The van der Waals surface area contributed by atoms with Crippen molar-refractivity contribution in [2.24, 2.45) is 0 Å². The van der Waals surface area contributed by atoms with E-state index >= 15 is 0 Å². The lowest BCUT2D eigenvalue weighted by atomic mass is 10.1. The maximum absolute atomic E-state index is 13.9. The highest BCUT2D eigenvalue weighted by molar-refractivity contribution is 7.92. The van der Waals surface area contributed by atoms with Crippen molar-refractivity contribution in [3.8, 4) is 0 Å². The second-order valence-electron chi connectivity index (χ2n) is 9.06. The Labute approximate surface area is 244 Å². The molecule has 2 amide bonds. The minimum absolute atomic E-state index is 0.0108. The molecule has 0 unspecified atom stereocenters. The third-order valence-corrected chi connectivity index (χ3v) is 8.81. The highest BCUT2D eigenvalue weighted by Crippen LogP contribution is 2.30. The minimum Gasteiger partial charge on any atom is -0.352 e. The van der Waals surface area contributed by atoms with Gasteiger partial charge in [0.25, 0.3) is 10.0 Å². The average Bonchev–Trinajstić information content (AvgIpc) is 2.90. The zero-order chi connectivity index (χ0) is 28.7. The van der Waals surface area contributed by atoms with E-state index < -0.39 is 28.5 Å². The number of carbonyl (C=O) groups is 2. The summed E-state index contributed by atoms with van der Waals surface area (Å²) in [6, 6.07) is 17.9. The lowest BCUT2D eigenvalue weighted by Crippen LogP contribution is -2.52. The van der Waals surface area contributed by atoms with E-state index in [1.54, 1.807) is 49.4 Å². The van der Waals surface area contributed by atoms with Crippen molar-refractivity contribution in [1.82, 2.24) is 10.2 Å². The number of amides is 2. The fourth-order valence-electron chi connectivity index (χ4n) is 3.79. The molecule has 7 nitrogen and oxygen atoms in total. The van der Waals surface area contributed by atoms with Crippen molar-refractivity contribution in [3.63, 3.8) is 0 Å². The van der Waals surface area contributed by atoms with E-state index in [4.69, 9.17) is 34.8 Å². The number of carbonyl (C=O) groups excluding carboxylic acids is 2. The van der Waals surface area contributed by atoms with Gasteiger partial charge in [-0.2, -0.15) is 0 Å². The number of nitrogens with zero attached hydrogens (tertiary/aromatic N) is 2. The highest BCUT2D eigenvalue weighted by atomic mass is 35.5. The number of hydrogen-bond acceptors (Lipinski definition) is 4. The first kappa shape index (κ1) is 30.8. The van der Waals surface area contributed by atoms with Gasteiger partial charge in [0.15, 0.2) is 0 Å². The van der Waals surface area contributed by atoms with E-state index in [9.17, 15) is 18.0 Å². The van der Waals surface area contributed by atoms with E-state index in [1.807, 2.05) is 13.8 Å². The van der Waals surface area contributed by atoms with Crippen molar-refractivity contribution in [2.45, 2.75) is 50.7 Å². The molecule has 0 aliphatic heterocycles. The maximum atomic E-state index is 13.9. The van der Waals surface area contributed by atoms with Crippen LogP contribution in [0, 0.1) is 0 Å². The topological polar surface area (TPSA) is 86.8 Å². The summed E-state index contributed by atoms with van der Waals surface area (Å²) < 4.78 is 28.5. The van der Waals surface area contributed by atoms with E-state index in [-0.39, 0.29) is 39.1 Å². The fourth-order valence-corrected chi connectivity index (χ4v) is 5.92. The Bertz CT molecular complexity index is 1400. The monoisotopic (exact) mass is 609 g/mol. The molecule has 11 heteroatoms. The molecule has 1 N–H and O–H groups in total. The van der Waals surface area contributed by atoms with Crippen LogP contribution in [0.3, 0.4) is 0 Å². The number of rotatable bonds is 11. The van der Waals surface area contributed by atoms with Crippen LogP contribution in [0.25, 0.3) is 0 Å². The SMILES string of the molecule is CC[C@H](C)NC(=O)[C@@H](C)N(Cc1ccccc1Cl)C(=O)CN(c1cc(Cl)cc(Cl)c1)S(=O)(=O)c1ccccc1. The summed E-state index contributed by atoms with van der Waals surface area (Å²) in [5.41, 5.74) is 0.720. The van der Waals surface area contributed by atoms with Gasteiger partial charge < -0.3 is 10.2 Å². The molecule has 0 heterocycles. The molecule has 0 fully saturated rings. The van der Waals surface area contributed by atoms with E-state index in [0.29, 0.717) is 17.0 Å². The first-order valence-corrected chi connectivity index (χ1v) is 14.9. The molecule has 3 aromatic carbocycles. The number of hydrogen-bond donors (Lipinski definition) is 1. The molecule has 0 bridgehead atoms. The number of sulfonamides is 1. The Balaban J connectivity index is 2.06. The molecular weight excluding hydrogens is 581 g/mol. The summed E-state index contributed by atoms with van der Waals surface area (Å²) in [6.45, 7) is 4.77. The van der Waals surface area contributed by atoms with Crippen molar-refractivity contribution in [1.29, 1.82) is 0 Å². The third-order valence-electron chi connectivity index (χ3n) is 6.21. The van der Waals surface area contributed by atoms with E-state index in [0.717, 1.165) is 4.31 Å². The van der Waals surface area contributed by atoms with Crippen molar-refractivity contribution in [3.05, 3.63) is 93.4 Å². The zero-order valence-corrected chi connectivity index (χ0v) is 24.9. The van der Waals surface area contributed by atoms with Crippen molar-refractivity contribution >= 4 is 62.3 Å². The van der Waals surface area contributed by atoms with Crippen LogP contribution in [0.4, 0.5) is 5.69 Å². The standard InChI is InChI=1S/C28H30Cl3N3O4S/c1-4-19(2)32-28(36)20(3)33(17-21-10-8-9-13-26(21)31)27(35)18-34(24-15-22(29)14-23(30)16-24)39(37,38)25-11-6-5-7-12-25/h5-16,19-20H,4,17-18H2,1-3H3,(H,32,36)/t19-,20+/m0/s1. The Morgan fingerprint density at radius 3 is 2.08 bits per heavy atom. The number of anilines is 1. The molecule has 0 saturated heterocycles. The molecule has 0 radical (unpaired) electrons. The molecule has 0 aromatic heterocycles. The molecule has 2 atom stereocenters. The van der Waals surface area contributed by atoms with Crippen LogP contribution in [0.2, 0.25) is 15.1 Å². The van der Waals surface area contributed by atoms with Gasteiger partial charge in [-0.15, -0.1) is 0 Å². The lowest BCUT2D eigenvalue weighted by molar-refractivity contribution is -0.139. The van der Waals surface area contributed by atoms with Crippen LogP contribution >= 0.6 is 34.8 Å². The average molecular weight is 611 g/mol. The lowest BCUT2D eigenvalue weighted by Gasteiger charge is -2.32. The third kappa shape index (κ3) is 7.88. The number of halogens is 3.